The van der Waals surface area contributed by atoms with Gasteiger partial charge in [-0.3, -0.25) is 4.98 Å². The van der Waals surface area contributed by atoms with Crippen LogP contribution in [0.25, 0.3) is 10.9 Å². The third-order valence-electron chi connectivity index (χ3n) is 3.41. The molecule has 2 aromatic rings. The molecule has 1 aliphatic rings. The van der Waals surface area contributed by atoms with Crippen molar-refractivity contribution in [3.63, 3.8) is 0 Å². The third kappa shape index (κ3) is 1.64. The molecule has 1 aliphatic heterocycles. The van der Waals surface area contributed by atoms with Gasteiger partial charge in [0.25, 0.3) is 0 Å². The highest BCUT2D eigenvalue weighted by atomic mass is 19.1. The third-order valence-corrected chi connectivity index (χ3v) is 3.41. The van der Waals surface area contributed by atoms with Gasteiger partial charge in [-0.05, 0) is 18.6 Å². The Labute approximate surface area is 105 Å². The Hall–Kier alpha value is -1.68. The summed E-state index contributed by atoms with van der Waals surface area (Å²) < 4.78 is 19.0. The van der Waals surface area contributed by atoms with Gasteiger partial charge < -0.3 is 10.1 Å². The first-order valence-corrected chi connectivity index (χ1v) is 6.08. The number of rotatable bonds is 1. The number of aryl methyl sites for hydroxylation is 1. The van der Waals surface area contributed by atoms with E-state index in [9.17, 15) is 4.39 Å². The van der Waals surface area contributed by atoms with Crippen molar-refractivity contribution >= 4 is 16.6 Å². The van der Waals surface area contributed by atoms with E-state index in [1.165, 1.54) is 6.07 Å². The Morgan fingerprint density at radius 2 is 2.22 bits per heavy atom. The highest BCUT2D eigenvalue weighted by Gasteiger charge is 2.19. The van der Waals surface area contributed by atoms with Gasteiger partial charge in [0.2, 0.25) is 0 Å². The molecule has 0 fully saturated rings. The van der Waals surface area contributed by atoms with E-state index in [1.54, 1.807) is 6.07 Å². The highest BCUT2D eigenvalue weighted by Crippen LogP contribution is 2.33. The van der Waals surface area contributed by atoms with Gasteiger partial charge in [-0.2, -0.15) is 0 Å². The van der Waals surface area contributed by atoms with E-state index in [0.717, 1.165) is 39.8 Å². The van der Waals surface area contributed by atoms with Crippen LogP contribution in [0.1, 0.15) is 16.8 Å². The van der Waals surface area contributed by atoms with Gasteiger partial charge in [0.05, 0.1) is 30.1 Å². The molecule has 18 heavy (non-hydrogen) atoms. The summed E-state index contributed by atoms with van der Waals surface area (Å²) in [5.74, 6) is -0.235. The average Bonchev–Trinajstić information content (AvgIpc) is 2.35. The summed E-state index contributed by atoms with van der Waals surface area (Å²) in [5.41, 5.74) is 4.76. The summed E-state index contributed by atoms with van der Waals surface area (Å²) in [5, 5.41) is 4.20. The smallest absolute Gasteiger partial charge is 0.125 e. The fourth-order valence-corrected chi connectivity index (χ4v) is 2.63. The van der Waals surface area contributed by atoms with Crippen LogP contribution in [-0.4, -0.2) is 18.6 Å². The summed E-state index contributed by atoms with van der Waals surface area (Å²) in [4.78, 5) is 4.59. The van der Waals surface area contributed by atoms with Crippen LogP contribution in [0.4, 0.5) is 10.1 Å². The lowest BCUT2D eigenvalue weighted by molar-refractivity contribution is 0.110. The molecule has 0 spiro atoms. The first kappa shape index (κ1) is 11.4. The number of benzene rings is 1. The molecule has 0 unspecified atom stereocenters. The predicted octanol–water partition coefficient (Wildman–Crippen LogP) is 2.80. The number of hydrogen-bond donors (Lipinski definition) is 1. The van der Waals surface area contributed by atoms with E-state index < -0.39 is 0 Å². The van der Waals surface area contributed by atoms with Crippen molar-refractivity contribution in [2.24, 2.45) is 0 Å². The lowest BCUT2D eigenvalue weighted by Crippen LogP contribution is -2.14. The number of hydrogen-bond acceptors (Lipinski definition) is 3. The summed E-state index contributed by atoms with van der Waals surface area (Å²) in [6.45, 7) is 3.16. The van der Waals surface area contributed by atoms with Crippen molar-refractivity contribution in [2.45, 2.75) is 20.0 Å². The van der Waals surface area contributed by atoms with Crippen molar-refractivity contribution in [2.75, 3.05) is 19.0 Å². The molecule has 94 valence electrons. The zero-order valence-corrected chi connectivity index (χ0v) is 10.5. The maximum absolute atomic E-state index is 13.5. The predicted molar refractivity (Wildman–Crippen MR) is 69.3 cm³/mol. The molecule has 0 saturated carbocycles. The monoisotopic (exact) mass is 246 g/mol. The summed E-state index contributed by atoms with van der Waals surface area (Å²) >= 11 is 0. The number of ether oxygens (including phenoxy) is 1. The largest absolute Gasteiger partial charge is 0.387 e. The zero-order valence-electron chi connectivity index (χ0n) is 10.5. The van der Waals surface area contributed by atoms with Gasteiger partial charge >= 0.3 is 0 Å². The molecule has 0 amide bonds. The van der Waals surface area contributed by atoms with E-state index in [1.807, 2.05) is 14.0 Å². The standard InChI is InChI=1S/C14H15FN2O/c1-8-5-9(15)6-12-13(8)14(16-2)10-7-18-4-3-11(10)17-12/h5-6H,3-4,7H2,1-2H3,(H,16,17). The minimum atomic E-state index is -0.235. The minimum Gasteiger partial charge on any atom is -0.387 e. The fourth-order valence-electron chi connectivity index (χ4n) is 2.63. The normalized spacial score (nSPS) is 14.6. The number of nitrogens with one attached hydrogen (secondary N) is 1. The van der Waals surface area contributed by atoms with Crippen molar-refractivity contribution in [3.05, 3.63) is 34.8 Å². The molecule has 1 aromatic heterocycles. The van der Waals surface area contributed by atoms with Crippen LogP contribution in [0.5, 0.6) is 0 Å². The molecule has 0 bridgehead atoms. The van der Waals surface area contributed by atoms with E-state index in [0.29, 0.717) is 13.2 Å². The van der Waals surface area contributed by atoms with Crippen molar-refractivity contribution in [1.29, 1.82) is 0 Å². The van der Waals surface area contributed by atoms with E-state index >= 15 is 0 Å². The molecule has 4 heteroatoms. The molecule has 0 radical (unpaired) electrons. The molecule has 0 saturated heterocycles. The molecule has 1 aromatic carbocycles. The van der Waals surface area contributed by atoms with Crippen LogP contribution in [-0.2, 0) is 17.8 Å². The van der Waals surface area contributed by atoms with Crippen molar-refractivity contribution < 1.29 is 9.13 Å². The minimum absolute atomic E-state index is 0.235. The first-order chi connectivity index (χ1) is 8.70. The Bertz CT molecular complexity index is 625. The second kappa shape index (κ2) is 4.21. The quantitative estimate of drug-likeness (QED) is 0.840. The number of halogens is 1. The molecule has 3 nitrogen and oxygen atoms in total. The van der Waals surface area contributed by atoms with Gasteiger partial charge in [-0.25, -0.2) is 4.39 Å². The van der Waals surface area contributed by atoms with Gasteiger partial charge in [-0.1, -0.05) is 0 Å². The number of pyridine rings is 1. The molecule has 0 aliphatic carbocycles. The van der Waals surface area contributed by atoms with Crippen LogP contribution >= 0.6 is 0 Å². The Morgan fingerprint density at radius 1 is 1.39 bits per heavy atom. The van der Waals surface area contributed by atoms with E-state index in [-0.39, 0.29) is 5.82 Å². The molecular weight excluding hydrogens is 231 g/mol. The van der Waals surface area contributed by atoms with Gasteiger partial charge in [0, 0.05) is 30.5 Å². The average molecular weight is 246 g/mol. The molecule has 1 N–H and O–H groups in total. The van der Waals surface area contributed by atoms with Gasteiger partial charge in [0.15, 0.2) is 0 Å². The second-order valence-electron chi connectivity index (χ2n) is 4.58. The maximum atomic E-state index is 13.5. The van der Waals surface area contributed by atoms with Gasteiger partial charge in [-0.15, -0.1) is 0 Å². The summed E-state index contributed by atoms with van der Waals surface area (Å²) in [6.07, 6.45) is 0.787. The van der Waals surface area contributed by atoms with Crippen LogP contribution in [0.3, 0.4) is 0 Å². The lowest BCUT2D eigenvalue weighted by atomic mass is 10.00. The summed E-state index contributed by atoms with van der Waals surface area (Å²) in [7, 11) is 1.88. The van der Waals surface area contributed by atoms with Crippen molar-refractivity contribution in [1.82, 2.24) is 4.98 Å². The fraction of sp³-hybridized carbons (Fsp3) is 0.357. The molecule has 0 atom stereocenters. The van der Waals surface area contributed by atoms with Crippen LogP contribution < -0.4 is 5.32 Å². The Kier molecular flexibility index (Phi) is 2.67. The maximum Gasteiger partial charge on any atom is 0.125 e. The number of aromatic nitrogens is 1. The van der Waals surface area contributed by atoms with Crippen molar-refractivity contribution in [3.8, 4) is 0 Å². The molecule has 3 rings (SSSR count). The topological polar surface area (TPSA) is 34.2 Å². The first-order valence-electron chi connectivity index (χ1n) is 6.08. The number of anilines is 1. The summed E-state index contributed by atoms with van der Waals surface area (Å²) in [6, 6.07) is 3.04. The Balaban J connectivity index is 2.40. The SMILES string of the molecule is CNc1c2c(nc3cc(F)cc(C)c13)CCOC2. The van der Waals surface area contributed by atoms with Crippen LogP contribution in [0.2, 0.25) is 0 Å². The van der Waals surface area contributed by atoms with Gasteiger partial charge in [0.1, 0.15) is 5.82 Å². The molecular formula is C14H15FN2O. The Morgan fingerprint density at radius 3 is 3.00 bits per heavy atom. The number of fused-ring (bicyclic) bond motifs is 2. The second-order valence-corrected chi connectivity index (χ2v) is 4.58. The zero-order chi connectivity index (χ0) is 12.7. The van der Waals surface area contributed by atoms with Crippen LogP contribution in [0.15, 0.2) is 12.1 Å². The van der Waals surface area contributed by atoms with E-state index in [4.69, 9.17) is 4.74 Å². The van der Waals surface area contributed by atoms with E-state index in [2.05, 4.69) is 10.3 Å². The van der Waals surface area contributed by atoms with Crippen LogP contribution in [0, 0.1) is 12.7 Å². The molecule has 2 heterocycles. The lowest BCUT2D eigenvalue weighted by Gasteiger charge is -2.21. The highest BCUT2D eigenvalue weighted by molar-refractivity contribution is 5.96. The number of nitrogens with zero attached hydrogens (tertiary/aromatic N) is 1.